The molecule has 0 unspecified atom stereocenters. The van der Waals surface area contributed by atoms with E-state index in [1.54, 1.807) is 19.2 Å². The highest BCUT2D eigenvalue weighted by atomic mass is 32.2. The molecule has 0 spiro atoms. The van der Waals surface area contributed by atoms with E-state index in [2.05, 4.69) is 21.9 Å². The van der Waals surface area contributed by atoms with Gasteiger partial charge in [0, 0.05) is 19.3 Å². The molecule has 5 nitrogen and oxygen atoms in total. The van der Waals surface area contributed by atoms with Gasteiger partial charge < -0.3 is 5.32 Å². The average molecular weight is 311 g/mol. The summed E-state index contributed by atoms with van der Waals surface area (Å²) in [6.07, 6.45) is 7.99. The second kappa shape index (κ2) is 7.22. The van der Waals surface area contributed by atoms with Crippen molar-refractivity contribution in [2.45, 2.75) is 56.4 Å². The van der Waals surface area contributed by atoms with Crippen LogP contribution in [0.2, 0.25) is 0 Å². The third-order valence-corrected chi connectivity index (χ3v) is 5.67. The lowest BCUT2D eigenvalue weighted by Gasteiger charge is -2.28. The van der Waals surface area contributed by atoms with E-state index in [4.69, 9.17) is 0 Å². The van der Waals surface area contributed by atoms with Crippen LogP contribution in [0.15, 0.2) is 23.2 Å². The van der Waals surface area contributed by atoms with Gasteiger partial charge in [-0.05, 0) is 43.7 Å². The molecule has 1 aromatic heterocycles. The predicted octanol–water partition coefficient (Wildman–Crippen LogP) is 2.76. The Bertz CT molecular complexity index is 535. The summed E-state index contributed by atoms with van der Waals surface area (Å²) < 4.78 is 27.5. The first-order valence-electron chi connectivity index (χ1n) is 7.71. The highest BCUT2D eigenvalue weighted by molar-refractivity contribution is 7.89. The van der Waals surface area contributed by atoms with E-state index in [-0.39, 0.29) is 10.9 Å². The Kier molecular flexibility index (Phi) is 5.58. The molecular weight excluding hydrogens is 286 g/mol. The zero-order chi connectivity index (χ0) is 15.3. The van der Waals surface area contributed by atoms with Gasteiger partial charge in [-0.15, -0.1) is 0 Å². The number of nitrogens with zero attached hydrogens (tertiary/aromatic N) is 1. The second-order valence-electron chi connectivity index (χ2n) is 5.76. The maximum atomic E-state index is 12.3. The number of hydrogen-bond donors (Lipinski definition) is 2. The number of hydrogen-bond acceptors (Lipinski definition) is 4. The van der Waals surface area contributed by atoms with E-state index in [1.807, 2.05) is 0 Å². The lowest BCUT2D eigenvalue weighted by Crippen LogP contribution is -2.37. The van der Waals surface area contributed by atoms with Gasteiger partial charge in [-0.1, -0.05) is 19.8 Å². The molecule has 1 fully saturated rings. The maximum absolute atomic E-state index is 12.3. The molecule has 0 aliphatic heterocycles. The van der Waals surface area contributed by atoms with Crippen LogP contribution >= 0.6 is 0 Å². The fourth-order valence-electron chi connectivity index (χ4n) is 2.95. The number of pyridine rings is 1. The molecule has 2 N–H and O–H groups in total. The minimum absolute atomic E-state index is 0.0621. The number of nitrogens with one attached hydrogen (secondary N) is 2. The third-order valence-electron chi connectivity index (χ3n) is 4.17. The van der Waals surface area contributed by atoms with Crippen LogP contribution in [0.3, 0.4) is 0 Å². The van der Waals surface area contributed by atoms with Crippen molar-refractivity contribution in [3.8, 4) is 0 Å². The van der Waals surface area contributed by atoms with Crippen molar-refractivity contribution in [1.29, 1.82) is 0 Å². The maximum Gasteiger partial charge on any atom is 0.242 e. The smallest absolute Gasteiger partial charge is 0.242 e. The third kappa shape index (κ3) is 4.41. The van der Waals surface area contributed by atoms with E-state index in [1.165, 1.54) is 19.0 Å². The van der Waals surface area contributed by atoms with Gasteiger partial charge in [0.25, 0.3) is 0 Å². The molecule has 2 rings (SSSR count). The molecule has 1 aliphatic rings. The van der Waals surface area contributed by atoms with Crippen molar-refractivity contribution in [3.63, 3.8) is 0 Å². The minimum atomic E-state index is -3.45. The van der Waals surface area contributed by atoms with Crippen LogP contribution in [-0.2, 0) is 10.0 Å². The summed E-state index contributed by atoms with van der Waals surface area (Å²) in [5.41, 5.74) is 0. The summed E-state index contributed by atoms with van der Waals surface area (Å²) in [5, 5.41) is 2.88. The van der Waals surface area contributed by atoms with Gasteiger partial charge in [-0.2, -0.15) is 0 Å². The number of sulfonamides is 1. The average Bonchev–Trinajstić information content (AvgIpc) is 2.49. The molecule has 0 saturated heterocycles. The number of anilines is 1. The molecule has 21 heavy (non-hydrogen) atoms. The number of aromatic nitrogens is 1. The molecule has 6 heteroatoms. The lowest BCUT2D eigenvalue weighted by molar-refractivity contribution is 0.297. The van der Waals surface area contributed by atoms with E-state index in [0.717, 1.165) is 31.6 Å². The molecular formula is C15H25N3O2S. The summed E-state index contributed by atoms with van der Waals surface area (Å²) in [4.78, 5) is 4.30. The van der Waals surface area contributed by atoms with Crippen molar-refractivity contribution in [1.82, 2.24) is 9.71 Å². The van der Waals surface area contributed by atoms with Crippen LogP contribution in [0.5, 0.6) is 0 Å². The van der Waals surface area contributed by atoms with Crippen molar-refractivity contribution >= 4 is 15.8 Å². The quantitative estimate of drug-likeness (QED) is 0.847. The Balaban J connectivity index is 1.95. The molecule has 0 aromatic carbocycles. The minimum Gasteiger partial charge on any atom is -0.373 e. The Hall–Kier alpha value is -1.14. The van der Waals surface area contributed by atoms with Crippen molar-refractivity contribution in [3.05, 3.63) is 18.3 Å². The van der Waals surface area contributed by atoms with Gasteiger partial charge in [0.15, 0.2) is 0 Å². The van der Waals surface area contributed by atoms with Crippen molar-refractivity contribution in [2.75, 3.05) is 12.4 Å². The van der Waals surface area contributed by atoms with Gasteiger partial charge in [0.05, 0.1) is 0 Å². The van der Waals surface area contributed by atoms with E-state index in [0.29, 0.717) is 5.82 Å². The molecule has 0 atom stereocenters. The summed E-state index contributed by atoms with van der Waals surface area (Å²) in [6.45, 7) is 2.20. The molecule has 1 heterocycles. The highest BCUT2D eigenvalue weighted by Crippen LogP contribution is 2.28. The van der Waals surface area contributed by atoms with Crippen molar-refractivity contribution in [2.24, 2.45) is 5.92 Å². The Morgan fingerprint density at radius 1 is 1.24 bits per heavy atom. The molecule has 0 amide bonds. The van der Waals surface area contributed by atoms with Crippen LogP contribution < -0.4 is 10.0 Å². The number of rotatable bonds is 6. The Morgan fingerprint density at radius 3 is 2.48 bits per heavy atom. The fourth-order valence-corrected chi connectivity index (χ4v) is 4.20. The van der Waals surface area contributed by atoms with Gasteiger partial charge >= 0.3 is 0 Å². The normalized spacial score (nSPS) is 23.0. The van der Waals surface area contributed by atoms with Crippen LogP contribution in [0.4, 0.5) is 5.82 Å². The lowest BCUT2D eigenvalue weighted by atomic mass is 9.84. The van der Waals surface area contributed by atoms with E-state index >= 15 is 0 Å². The molecule has 1 saturated carbocycles. The first-order valence-corrected chi connectivity index (χ1v) is 9.19. The van der Waals surface area contributed by atoms with Crippen LogP contribution in [-0.4, -0.2) is 26.5 Å². The summed E-state index contributed by atoms with van der Waals surface area (Å²) >= 11 is 0. The molecule has 1 aromatic rings. The molecule has 118 valence electrons. The summed E-state index contributed by atoms with van der Waals surface area (Å²) in [6, 6.07) is 3.32. The SMILES string of the molecule is CCCC1CCC(NS(=O)(=O)c2ccc(NC)nc2)CC1. The van der Waals surface area contributed by atoms with Gasteiger partial charge in [-0.25, -0.2) is 18.1 Å². The van der Waals surface area contributed by atoms with E-state index in [9.17, 15) is 8.42 Å². The van der Waals surface area contributed by atoms with Crippen LogP contribution in [0, 0.1) is 5.92 Å². The summed E-state index contributed by atoms with van der Waals surface area (Å²) in [7, 11) is -1.70. The van der Waals surface area contributed by atoms with Crippen molar-refractivity contribution < 1.29 is 8.42 Å². The highest BCUT2D eigenvalue weighted by Gasteiger charge is 2.25. The zero-order valence-corrected chi connectivity index (χ0v) is 13.6. The van der Waals surface area contributed by atoms with Gasteiger partial charge in [0.1, 0.15) is 10.7 Å². The summed E-state index contributed by atoms with van der Waals surface area (Å²) in [5.74, 6) is 1.43. The van der Waals surface area contributed by atoms with Crippen LogP contribution in [0.25, 0.3) is 0 Å². The molecule has 0 radical (unpaired) electrons. The monoisotopic (exact) mass is 311 g/mol. The largest absolute Gasteiger partial charge is 0.373 e. The molecule has 1 aliphatic carbocycles. The Morgan fingerprint density at radius 2 is 1.95 bits per heavy atom. The molecule has 0 bridgehead atoms. The second-order valence-corrected chi connectivity index (χ2v) is 7.47. The standard InChI is InChI=1S/C15H25N3O2S/c1-3-4-12-5-7-13(8-6-12)18-21(19,20)14-9-10-15(16-2)17-11-14/h9-13,18H,3-8H2,1-2H3,(H,16,17). The predicted molar refractivity (Wildman–Crippen MR) is 84.8 cm³/mol. The Labute approximate surface area is 127 Å². The zero-order valence-electron chi connectivity index (χ0n) is 12.8. The van der Waals surface area contributed by atoms with Gasteiger partial charge in [-0.3, -0.25) is 0 Å². The first kappa shape index (κ1) is 16.2. The topological polar surface area (TPSA) is 71.1 Å². The van der Waals surface area contributed by atoms with Crippen LogP contribution in [0.1, 0.15) is 45.4 Å². The first-order chi connectivity index (χ1) is 10.0. The fraction of sp³-hybridized carbons (Fsp3) is 0.667. The van der Waals surface area contributed by atoms with E-state index < -0.39 is 10.0 Å². The van der Waals surface area contributed by atoms with Gasteiger partial charge in [0.2, 0.25) is 10.0 Å².